The quantitative estimate of drug-likeness (QED) is 0.795. The van der Waals surface area contributed by atoms with Crippen LogP contribution in [0.2, 0.25) is 5.02 Å². The van der Waals surface area contributed by atoms with Gasteiger partial charge in [0.15, 0.2) is 5.76 Å². The van der Waals surface area contributed by atoms with Crippen molar-refractivity contribution in [2.75, 3.05) is 5.73 Å². The maximum atomic E-state index is 5.96. The van der Waals surface area contributed by atoms with Crippen LogP contribution >= 0.6 is 11.6 Å². The molecular weight excluding hydrogens is 262 g/mol. The van der Waals surface area contributed by atoms with E-state index >= 15 is 0 Å². The van der Waals surface area contributed by atoms with Crippen LogP contribution in [0, 0.1) is 0 Å². The Morgan fingerprint density at radius 1 is 1.21 bits per heavy atom. The smallest absolute Gasteiger partial charge is 0.154 e. The molecule has 5 heteroatoms. The van der Waals surface area contributed by atoms with E-state index < -0.39 is 0 Å². The first-order valence-corrected chi connectivity index (χ1v) is 6.22. The van der Waals surface area contributed by atoms with Crippen molar-refractivity contribution in [2.24, 2.45) is 0 Å². The van der Waals surface area contributed by atoms with Crippen molar-refractivity contribution in [1.29, 1.82) is 0 Å². The largest absolute Gasteiger partial charge is 0.463 e. The van der Waals surface area contributed by atoms with Crippen molar-refractivity contribution < 1.29 is 4.42 Å². The Morgan fingerprint density at radius 3 is 2.68 bits per heavy atom. The van der Waals surface area contributed by atoms with Crippen molar-refractivity contribution in [2.45, 2.75) is 6.54 Å². The van der Waals surface area contributed by atoms with E-state index in [1.54, 1.807) is 17.0 Å². The van der Waals surface area contributed by atoms with Gasteiger partial charge in [0.1, 0.15) is 11.5 Å². The fourth-order valence-electron chi connectivity index (χ4n) is 1.87. The van der Waals surface area contributed by atoms with Gasteiger partial charge in [-0.15, -0.1) is 0 Å². The van der Waals surface area contributed by atoms with Gasteiger partial charge in [-0.1, -0.05) is 23.7 Å². The molecule has 0 saturated heterocycles. The van der Waals surface area contributed by atoms with Crippen LogP contribution in [-0.2, 0) is 6.54 Å². The SMILES string of the molecule is Nc1cc(-c2ccco2)nn1Cc1ccc(Cl)cc1. The van der Waals surface area contributed by atoms with E-state index in [9.17, 15) is 0 Å². The third-order valence-corrected chi connectivity index (χ3v) is 3.08. The van der Waals surface area contributed by atoms with Crippen molar-refractivity contribution in [1.82, 2.24) is 9.78 Å². The summed E-state index contributed by atoms with van der Waals surface area (Å²) in [6.07, 6.45) is 1.61. The number of furan rings is 1. The summed E-state index contributed by atoms with van der Waals surface area (Å²) < 4.78 is 7.04. The molecule has 0 aliphatic rings. The molecule has 19 heavy (non-hydrogen) atoms. The summed E-state index contributed by atoms with van der Waals surface area (Å²) in [5, 5.41) is 5.15. The average Bonchev–Trinajstić information content (AvgIpc) is 3.03. The highest BCUT2D eigenvalue weighted by Crippen LogP contribution is 2.21. The predicted molar refractivity (Wildman–Crippen MR) is 74.9 cm³/mol. The van der Waals surface area contributed by atoms with Gasteiger partial charge in [-0.3, -0.25) is 0 Å². The van der Waals surface area contributed by atoms with Crippen LogP contribution in [0.1, 0.15) is 5.56 Å². The first kappa shape index (κ1) is 11.9. The number of hydrogen-bond acceptors (Lipinski definition) is 3. The molecule has 0 aliphatic heterocycles. The second-order valence-electron chi connectivity index (χ2n) is 4.22. The minimum atomic E-state index is 0.598. The van der Waals surface area contributed by atoms with Crippen molar-refractivity contribution in [3.63, 3.8) is 0 Å². The molecule has 0 aliphatic carbocycles. The van der Waals surface area contributed by atoms with E-state index in [0.29, 0.717) is 23.1 Å². The zero-order chi connectivity index (χ0) is 13.2. The molecule has 1 aromatic carbocycles. The number of anilines is 1. The summed E-state index contributed by atoms with van der Waals surface area (Å²) in [5.41, 5.74) is 7.78. The Bertz CT molecular complexity index is 671. The van der Waals surface area contributed by atoms with Crippen LogP contribution in [0.4, 0.5) is 5.82 Å². The molecule has 96 valence electrons. The Balaban J connectivity index is 1.87. The lowest BCUT2D eigenvalue weighted by molar-refractivity contribution is 0.576. The molecule has 0 spiro atoms. The van der Waals surface area contributed by atoms with Gasteiger partial charge < -0.3 is 10.2 Å². The Morgan fingerprint density at radius 2 is 2.00 bits per heavy atom. The van der Waals surface area contributed by atoms with Crippen LogP contribution in [0.5, 0.6) is 0 Å². The lowest BCUT2D eigenvalue weighted by Gasteiger charge is -2.04. The number of nitrogens with two attached hydrogens (primary N) is 1. The van der Waals surface area contributed by atoms with E-state index in [1.807, 2.05) is 36.4 Å². The molecule has 0 bridgehead atoms. The zero-order valence-electron chi connectivity index (χ0n) is 10.1. The first-order chi connectivity index (χ1) is 9.22. The normalized spacial score (nSPS) is 10.8. The Hall–Kier alpha value is -2.20. The summed E-state index contributed by atoms with van der Waals surface area (Å²) in [4.78, 5) is 0. The lowest BCUT2D eigenvalue weighted by Crippen LogP contribution is -2.05. The third kappa shape index (κ3) is 2.48. The average molecular weight is 274 g/mol. The van der Waals surface area contributed by atoms with E-state index in [1.165, 1.54) is 0 Å². The van der Waals surface area contributed by atoms with Gasteiger partial charge >= 0.3 is 0 Å². The maximum absolute atomic E-state index is 5.96. The molecular formula is C14H12ClN3O. The molecule has 0 saturated carbocycles. The van der Waals surface area contributed by atoms with Gasteiger partial charge in [-0.2, -0.15) is 5.10 Å². The first-order valence-electron chi connectivity index (χ1n) is 5.84. The number of nitrogen functional groups attached to an aromatic ring is 1. The second-order valence-corrected chi connectivity index (χ2v) is 4.65. The fourth-order valence-corrected chi connectivity index (χ4v) is 1.99. The maximum Gasteiger partial charge on any atom is 0.154 e. The highest BCUT2D eigenvalue weighted by molar-refractivity contribution is 6.30. The molecule has 0 unspecified atom stereocenters. The van der Waals surface area contributed by atoms with Crippen LogP contribution in [-0.4, -0.2) is 9.78 Å². The molecule has 2 N–H and O–H groups in total. The topological polar surface area (TPSA) is 57.0 Å². The molecule has 2 heterocycles. The number of aromatic nitrogens is 2. The van der Waals surface area contributed by atoms with Gasteiger partial charge in [0.25, 0.3) is 0 Å². The molecule has 0 radical (unpaired) electrons. The van der Waals surface area contributed by atoms with Crippen molar-refractivity contribution >= 4 is 17.4 Å². The number of halogens is 1. The van der Waals surface area contributed by atoms with Gasteiger partial charge in [0, 0.05) is 11.1 Å². The number of nitrogens with zero attached hydrogens (tertiary/aromatic N) is 2. The second kappa shape index (κ2) is 4.82. The number of rotatable bonds is 3. The zero-order valence-corrected chi connectivity index (χ0v) is 10.8. The van der Waals surface area contributed by atoms with Gasteiger partial charge in [-0.25, -0.2) is 4.68 Å². The van der Waals surface area contributed by atoms with E-state index in [-0.39, 0.29) is 0 Å². The van der Waals surface area contributed by atoms with E-state index in [0.717, 1.165) is 11.3 Å². The number of hydrogen-bond donors (Lipinski definition) is 1. The molecule has 3 rings (SSSR count). The lowest BCUT2D eigenvalue weighted by atomic mass is 10.2. The standard InChI is InChI=1S/C14H12ClN3O/c15-11-5-3-10(4-6-11)9-18-14(16)8-12(17-18)13-2-1-7-19-13/h1-8H,9,16H2. The Kier molecular flexibility index (Phi) is 3.01. The summed E-state index contributed by atoms with van der Waals surface area (Å²) in [6.45, 7) is 0.601. The number of benzene rings is 1. The van der Waals surface area contributed by atoms with Crippen LogP contribution in [0.15, 0.2) is 53.1 Å². The monoisotopic (exact) mass is 273 g/mol. The summed E-state index contributed by atoms with van der Waals surface area (Å²) in [6, 6.07) is 13.1. The highest BCUT2D eigenvalue weighted by atomic mass is 35.5. The van der Waals surface area contributed by atoms with E-state index in [2.05, 4.69) is 5.10 Å². The predicted octanol–water partition coefficient (Wildman–Crippen LogP) is 3.43. The molecule has 0 atom stereocenters. The molecule has 0 fully saturated rings. The van der Waals surface area contributed by atoms with Gasteiger partial charge in [-0.05, 0) is 29.8 Å². The fraction of sp³-hybridized carbons (Fsp3) is 0.0714. The summed E-state index contributed by atoms with van der Waals surface area (Å²) >= 11 is 5.86. The van der Waals surface area contributed by atoms with Gasteiger partial charge in [0.05, 0.1) is 12.8 Å². The Labute approximate surface area is 115 Å². The molecule has 0 amide bonds. The van der Waals surface area contributed by atoms with Crippen LogP contribution in [0.25, 0.3) is 11.5 Å². The summed E-state index contributed by atoms with van der Waals surface area (Å²) in [5.74, 6) is 1.31. The molecule has 4 nitrogen and oxygen atoms in total. The molecule has 3 aromatic rings. The summed E-state index contributed by atoms with van der Waals surface area (Å²) in [7, 11) is 0. The van der Waals surface area contributed by atoms with Crippen molar-refractivity contribution in [3.05, 3.63) is 59.3 Å². The molecule has 2 aromatic heterocycles. The van der Waals surface area contributed by atoms with Crippen LogP contribution < -0.4 is 5.73 Å². The third-order valence-electron chi connectivity index (χ3n) is 2.83. The van der Waals surface area contributed by atoms with Crippen LogP contribution in [0.3, 0.4) is 0 Å². The highest BCUT2D eigenvalue weighted by Gasteiger charge is 2.09. The minimum absolute atomic E-state index is 0.598. The van der Waals surface area contributed by atoms with Crippen molar-refractivity contribution in [3.8, 4) is 11.5 Å². The minimum Gasteiger partial charge on any atom is -0.463 e. The van der Waals surface area contributed by atoms with E-state index in [4.69, 9.17) is 21.8 Å². The van der Waals surface area contributed by atoms with Gasteiger partial charge in [0.2, 0.25) is 0 Å².